The molecule has 0 saturated carbocycles. The van der Waals surface area contributed by atoms with E-state index in [0.29, 0.717) is 70.0 Å². The van der Waals surface area contributed by atoms with Gasteiger partial charge in [-0.1, -0.05) is 116 Å². The summed E-state index contributed by atoms with van der Waals surface area (Å²) in [4.78, 5) is 12.3. The second kappa shape index (κ2) is 25.0. The summed E-state index contributed by atoms with van der Waals surface area (Å²) in [7, 11) is 0. The van der Waals surface area contributed by atoms with Crippen molar-refractivity contribution in [1.29, 1.82) is 0 Å². The highest BCUT2D eigenvalue weighted by Crippen LogP contribution is 2.41. The lowest BCUT2D eigenvalue weighted by Crippen LogP contribution is -2.26. The van der Waals surface area contributed by atoms with Gasteiger partial charge in [-0.05, 0) is 79.9 Å². The molecule has 0 aromatic heterocycles. The molecule has 0 atom stereocenters. The second-order valence-corrected chi connectivity index (χ2v) is 15.0. The molecule has 1 aliphatic rings. The molecule has 0 spiro atoms. The van der Waals surface area contributed by atoms with E-state index in [4.69, 9.17) is 23.7 Å². The first kappa shape index (κ1) is 45.2. The molecule has 9 nitrogen and oxygen atoms in total. The van der Waals surface area contributed by atoms with Crippen molar-refractivity contribution in [3.63, 3.8) is 0 Å². The van der Waals surface area contributed by atoms with Crippen molar-refractivity contribution in [1.82, 2.24) is 10.6 Å². The number of carbonyl (C=O) groups is 1. The Kier molecular flexibility index (Phi) is 19.5. The van der Waals surface area contributed by atoms with Gasteiger partial charge >= 0.3 is 0 Å². The van der Waals surface area contributed by atoms with E-state index in [1.165, 1.54) is 36.6 Å². The van der Waals surface area contributed by atoms with E-state index in [1.54, 1.807) is 18.2 Å². The first-order valence-electron chi connectivity index (χ1n) is 20.2. The molecule has 3 aromatic rings. The minimum absolute atomic E-state index is 0.0289. The fraction of sp³-hybridized carbons (Fsp3) is 0.367. The topological polar surface area (TPSA) is 108 Å². The van der Waals surface area contributed by atoms with Gasteiger partial charge in [0, 0.05) is 31.4 Å². The number of aliphatic hydroxyl groups is 1. The van der Waals surface area contributed by atoms with E-state index >= 15 is 0 Å². The van der Waals surface area contributed by atoms with E-state index < -0.39 is 0 Å². The van der Waals surface area contributed by atoms with E-state index in [1.807, 2.05) is 85.8 Å². The molecule has 4 rings (SSSR count). The summed E-state index contributed by atoms with van der Waals surface area (Å²) in [6.45, 7) is 14.2. The van der Waals surface area contributed by atoms with Crippen molar-refractivity contribution < 1.29 is 33.6 Å². The molecule has 0 saturated heterocycles. The first-order chi connectivity index (χ1) is 28.1. The van der Waals surface area contributed by atoms with E-state index in [-0.39, 0.29) is 23.7 Å². The standard InChI is InChI=1S/C49H62N2O7/c1-38(21-23-45-40(3)16-13-25-49(45,4)5)14-12-15-39(2)32-48(53)51-27-29-55-31-30-54-28-26-50-34-43(52)37-56-44-22-24-46(57-35-41-17-8-6-9-18-41)47(33-44)58-36-42-19-10-7-11-20-42/h6-12,14-15,17-24,32-34,50,52H,13,16,25-31,35-37H2,1-5H3,(H,51,53)/b15-12+,23-21+,38-14+,39-32+,43-34-. The molecular formula is C49H62N2O7. The van der Waals surface area contributed by atoms with Gasteiger partial charge in [0.1, 0.15) is 31.3 Å². The number of aliphatic hydroxyl groups excluding tert-OH is 1. The van der Waals surface area contributed by atoms with Crippen LogP contribution in [0.15, 0.2) is 150 Å². The number of rotatable bonds is 24. The monoisotopic (exact) mass is 790 g/mol. The van der Waals surface area contributed by atoms with Gasteiger partial charge in [0.15, 0.2) is 11.5 Å². The minimum Gasteiger partial charge on any atom is -0.507 e. The molecule has 0 bridgehead atoms. The zero-order valence-electron chi connectivity index (χ0n) is 34.9. The summed E-state index contributed by atoms with van der Waals surface area (Å²) in [5.41, 5.74) is 7.28. The van der Waals surface area contributed by atoms with Crippen molar-refractivity contribution in [3.05, 3.63) is 161 Å². The van der Waals surface area contributed by atoms with Crippen LogP contribution in [0.25, 0.3) is 0 Å². The number of carbonyl (C=O) groups excluding carboxylic acids is 1. The van der Waals surface area contributed by atoms with Crippen molar-refractivity contribution in [3.8, 4) is 17.2 Å². The zero-order valence-corrected chi connectivity index (χ0v) is 34.9. The molecule has 0 radical (unpaired) electrons. The quantitative estimate of drug-likeness (QED) is 0.0357. The first-order valence-corrected chi connectivity index (χ1v) is 20.2. The average Bonchev–Trinajstić information content (AvgIpc) is 3.21. The maximum Gasteiger partial charge on any atom is 0.244 e. The second-order valence-electron chi connectivity index (χ2n) is 15.0. The largest absolute Gasteiger partial charge is 0.507 e. The third kappa shape index (κ3) is 17.3. The highest BCUT2D eigenvalue weighted by atomic mass is 16.5. The van der Waals surface area contributed by atoms with Gasteiger partial charge in [-0.15, -0.1) is 0 Å². The molecule has 0 fully saturated rings. The molecule has 58 heavy (non-hydrogen) atoms. The smallest absolute Gasteiger partial charge is 0.244 e. The van der Waals surface area contributed by atoms with Crippen LogP contribution in [0.1, 0.15) is 65.0 Å². The Morgan fingerprint density at radius 3 is 2.12 bits per heavy atom. The highest BCUT2D eigenvalue weighted by Gasteiger charge is 2.26. The van der Waals surface area contributed by atoms with E-state index in [0.717, 1.165) is 22.3 Å². The van der Waals surface area contributed by atoms with Gasteiger partial charge in [0.05, 0.1) is 26.4 Å². The van der Waals surface area contributed by atoms with Crippen molar-refractivity contribution in [2.45, 2.75) is 67.1 Å². The summed E-state index contributed by atoms with van der Waals surface area (Å²) in [5.74, 6) is 1.56. The Morgan fingerprint density at radius 1 is 0.793 bits per heavy atom. The third-order valence-electron chi connectivity index (χ3n) is 9.49. The molecule has 310 valence electrons. The van der Waals surface area contributed by atoms with Gasteiger partial charge in [-0.25, -0.2) is 0 Å². The van der Waals surface area contributed by atoms with Crippen molar-refractivity contribution in [2.75, 3.05) is 46.1 Å². The van der Waals surface area contributed by atoms with E-state index in [9.17, 15) is 9.90 Å². The fourth-order valence-electron chi connectivity index (χ4n) is 6.31. The highest BCUT2D eigenvalue weighted by molar-refractivity contribution is 5.88. The summed E-state index contributed by atoms with van der Waals surface area (Å²) in [6.07, 6.45) is 17.2. The Bertz CT molecular complexity index is 1890. The number of hydrogen-bond donors (Lipinski definition) is 3. The van der Waals surface area contributed by atoms with Gasteiger partial charge in [-0.2, -0.15) is 0 Å². The van der Waals surface area contributed by atoms with Gasteiger partial charge in [0.2, 0.25) is 5.91 Å². The summed E-state index contributed by atoms with van der Waals surface area (Å²) in [5, 5.41) is 16.2. The van der Waals surface area contributed by atoms with Crippen LogP contribution in [-0.4, -0.2) is 57.1 Å². The molecule has 3 N–H and O–H groups in total. The molecule has 1 amide bonds. The average molecular weight is 791 g/mol. The Balaban J connectivity index is 1.06. The molecule has 0 unspecified atom stereocenters. The maximum atomic E-state index is 12.3. The number of allylic oxidation sites excluding steroid dienone is 9. The van der Waals surface area contributed by atoms with Crippen LogP contribution in [-0.2, 0) is 27.5 Å². The molecule has 1 aliphatic carbocycles. The molecule has 9 heteroatoms. The van der Waals surface area contributed by atoms with Crippen LogP contribution < -0.4 is 24.8 Å². The molecule has 0 aliphatic heterocycles. The fourth-order valence-corrected chi connectivity index (χ4v) is 6.31. The van der Waals surface area contributed by atoms with E-state index in [2.05, 4.69) is 56.6 Å². The Labute approximate surface area is 345 Å². The van der Waals surface area contributed by atoms with Crippen molar-refractivity contribution >= 4 is 5.91 Å². The van der Waals surface area contributed by atoms with Crippen LogP contribution in [0.3, 0.4) is 0 Å². The predicted octanol–water partition coefficient (Wildman–Crippen LogP) is 9.89. The van der Waals surface area contributed by atoms with Gasteiger partial charge in [-0.3, -0.25) is 4.79 Å². The van der Waals surface area contributed by atoms with Crippen LogP contribution in [0.2, 0.25) is 0 Å². The number of nitrogens with one attached hydrogen (secondary N) is 2. The third-order valence-corrected chi connectivity index (χ3v) is 9.49. The van der Waals surface area contributed by atoms with Crippen molar-refractivity contribution in [2.24, 2.45) is 5.41 Å². The Hall–Kier alpha value is -5.51. The van der Waals surface area contributed by atoms with Gasteiger partial charge < -0.3 is 39.4 Å². The SMILES string of the molecule is CC1=C(/C=C/C(C)=C/C=C/C(C)=C/C(=O)NCCOCCOCCN/C=C(\O)COc2ccc(OCc3ccccc3)c(OCc3ccccc3)c2)C(C)(C)CCC1. The number of hydrogen-bond acceptors (Lipinski definition) is 8. The lowest BCUT2D eigenvalue weighted by atomic mass is 9.72. The molecular weight excluding hydrogens is 729 g/mol. The maximum absolute atomic E-state index is 12.3. The van der Waals surface area contributed by atoms with Crippen LogP contribution in [0.5, 0.6) is 17.2 Å². The van der Waals surface area contributed by atoms with Crippen LogP contribution >= 0.6 is 0 Å². The molecule has 3 aromatic carbocycles. The van der Waals surface area contributed by atoms with Gasteiger partial charge in [0.25, 0.3) is 0 Å². The van der Waals surface area contributed by atoms with Crippen LogP contribution in [0.4, 0.5) is 0 Å². The normalized spacial score (nSPS) is 14.9. The summed E-state index contributed by atoms with van der Waals surface area (Å²) in [6, 6.07) is 25.2. The summed E-state index contributed by atoms with van der Waals surface area (Å²) >= 11 is 0. The number of amides is 1. The number of ether oxygens (including phenoxy) is 5. The zero-order chi connectivity index (χ0) is 41.4. The molecule has 0 heterocycles. The lowest BCUT2D eigenvalue weighted by Gasteiger charge is -2.32. The van der Waals surface area contributed by atoms with Crippen LogP contribution in [0, 0.1) is 5.41 Å². The minimum atomic E-state index is -0.156. The summed E-state index contributed by atoms with van der Waals surface area (Å²) < 4.78 is 29.2. The number of benzene rings is 3. The lowest BCUT2D eigenvalue weighted by molar-refractivity contribution is -0.116. The predicted molar refractivity (Wildman–Crippen MR) is 233 cm³/mol. The Morgan fingerprint density at radius 2 is 1.45 bits per heavy atom.